The molecule has 27 heavy (non-hydrogen) atoms. The molecular formula is C20H31N3O3S. The number of hydrogen-bond donors (Lipinski definition) is 0. The van der Waals surface area contributed by atoms with Crippen LogP contribution in [0.3, 0.4) is 0 Å². The lowest BCUT2D eigenvalue weighted by Gasteiger charge is -2.45. The van der Waals surface area contributed by atoms with Crippen LogP contribution in [0.4, 0.5) is 0 Å². The van der Waals surface area contributed by atoms with Crippen molar-refractivity contribution in [2.45, 2.75) is 51.1 Å². The Morgan fingerprint density at radius 3 is 2.26 bits per heavy atom. The molecule has 2 saturated heterocycles. The zero-order valence-electron chi connectivity index (χ0n) is 16.6. The molecule has 0 aromatic heterocycles. The van der Waals surface area contributed by atoms with E-state index >= 15 is 0 Å². The number of sulfonamides is 1. The first-order valence-electron chi connectivity index (χ1n) is 9.91. The van der Waals surface area contributed by atoms with Crippen LogP contribution >= 0.6 is 0 Å². The maximum Gasteiger partial charge on any atom is 0.244 e. The highest BCUT2D eigenvalue weighted by Gasteiger charge is 2.41. The number of hydrogen-bond acceptors (Lipinski definition) is 4. The summed E-state index contributed by atoms with van der Waals surface area (Å²) < 4.78 is 28.1. The number of rotatable bonds is 5. The van der Waals surface area contributed by atoms with Gasteiger partial charge >= 0.3 is 0 Å². The maximum atomic E-state index is 13.3. The van der Waals surface area contributed by atoms with Crippen LogP contribution in [-0.4, -0.2) is 67.3 Å². The van der Waals surface area contributed by atoms with Gasteiger partial charge in [-0.1, -0.05) is 31.5 Å². The van der Waals surface area contributed by atoms with Gasteiger partial charge in [-0.25, -0.2) is 8.42 Å². The van der Waals surface area contributed by atoms with E-state index in [4.69, 9.17) is 0 Å². The summed E-state index contributed by atoms with van der Waals surface area (Å²) in [6.45, 7) is 9.29. The van der Waals surface area contributed by atoms with Gasteiger partial charge < -0.3 is 4.90 Å². The fraction of sp³-hybridized carbons (Fsp3) is 0.650. The third-order valence-corrected chi connectivity index (χ3v) is 7.38. The Bertz CT molecular complexity index is 755. The summed E-state index contributed by atoms with van der Waals surface area (Å²) in [5.74, 6) is 0.0625. The van der Waals surface area contributed by atoms with Crippen molar-refractivity contribution < 1.29 is 13.2 Å². The Labute approximate surface area is 163 Å². The predicted octanol–water partition coefficient (Wildman–Crippen LogP) is 2.30. The van der Waals surface area contributed by atoms with Crippen LogP contribution in [0.2, 0.25) is 0 Å². The highest BCUT2D eigenvalue weighted by molar-refractivity contribution is 7.89. The van der Waals surface area contributed by atoms with Gasteiger partial charge in [-0.3, -0.25) is 9.69 Å². The number of carbonyl (C=O) groups excluding carboxylic acids is 1. The normalized spacial score (nSPS) is 22.5. The van der Waals surface area contributed by atoms with E-state index in [1.165, 1.54) is 4.31 Å². The summed E-state index contributed by atoms with van der Waals surface area (Å²) in [6, 6.07) is 6.95. The molecule has 0 N–H and O–H groups in total. The second-order valence-corrected chi connectivity index (χ2v) is 9.90. The molecule has 0 unspecified atom stereocenters. The van der Waals surface area contributed by atoms with E-state index in [1.54, 1.807) is 17.0 Å². The molecule has 2 aliphatic heterocycles. The number of carbonyl (C=O) groups is 1. The van der Waals surface area contributed by atoms with Crippen molar-refractivity contribution in [3.8, 4) is 0 Å². The summed E-state index contributed by atoms with van der Waals surface area (Å²) in [6.07, 6.45) is 2.50. The third-order valence-electron chi connectivity index (χ3n) is 5.49. The Hall–Kier alpha value is -1.44. The molecule has 1 atom stereocenters. The Kier molecular flexibility index (Phi) is 6.23. The van der Waals surface area contributed by atoms with E-state index in [0.29, 0.717) is 31.0 Å². The average Bonchev–Trinajstić information content (AvgIpc) is 3.14. The van der Waals surface area contributed by atoms with E-state index in [-0.39, 0.29) is 11.8 Å². The van der Waals surface area contributed by atoms with Crippen molar-refractivity contribution >= 4 is 15.9 Å². The van der Waals surface area contributed by atoms with Crippen molar-refractivity contribution in [3.05, 3.63) is 29.8 Å². The molecule has 0 radical (unpaired) electrons. The molecule has 0 saturated carbocycles. The second kappa shape index (κ2) is 8.29. The molecule has 150 valence electrons. The molecule has 1 amide bonds. The Morgan fingerprint density at radius 2 is 1.67 bits per heavy atom. The molecule has 3 rings (SSSR count). The molecule has 0 spiro atoms. The third kappa shape index (κ3) is 4.36. The maximum absolute atomic E-state index is 13.3. The first-order valence-corrected chi connectivity index (χ1v) is 11.3. The van der Waals surface area contributed by atoms with Gasteiger partial charge in [-0.05, 0) is 57.3 Å². The van der Waals surface area contributed by atoms with Crippen molar-refractivity contribution in [2.24, 2.45) is 5.92 Å². The van der Waals surface area contributed by atoms with Gasteiger partial charge in [0.05, 0.1) is 11.4 Å². The molecule has 1 aromatic rings. The lowest BCUT2D eigenvalue weighted by atomic mass is 10.1. The summed E-state index contributed by atoms with van der Waals surface area (Å²) in [5.41, 5.74) is 1.02. The van der Waals surface area contributed by atoms with Crippen LogP contribution in [0.15, 0.2) is 29.2 Å². The molecule has 0 aliphatic carbocycles. The SMILES string of the molecule is Cc1ccc(S(=O)(=O)N2CCCN(C(=O)CN3CCCC3)[C@H]2C(C)C)cc1. The smallest absolute Gasteiger partial charge is 0.244 e. The number of aryl methyl sites for hydroxylation is 1. The molecule has 0 bridgehead atoms. The van der Waals surface area contributed by atoms with E-state index in [2.05, 4.69) is 4.90 Å². The van der Waals surface area contributed by atoms with Crippen molar-refractivity contribution in [2.75, 3.05) is 32.7 Å². The molecule has 7 heteroatoms. The second-order valence-electron chi connectivity index (χ2n) is 8.01. The fourth-order valence-electron chi connectivity index (χ4n) is 4.11. The highest BCUT2D eigenvalue weighted by atomic mass is 32.2. The standard InChI is InChI=1S/C20H31N3O3S/c1-16(2)20-22(19(24)15-21-11-4-5-12-21)13-6-14-23(20)27(25,26)18-9-7-17(3)8-10-18/h7-10,16,20H,4-6,11-15H2,1-3H3/t20-/m1/s1. The zero-order chi connectivity index (χ0) is 19.6. The average molecular weight is 394 g/mol. The van der Waals surface area contributed by atoms with E-state index in [0.717, 1.165) is 31.5 Å². The topological polar surface area (TPSA) is 60.9 Å². The number of benzene rings is 1. The van der Waals surface area contributed by atoms with Gasteiger partial charge in [-0.2, -0.15) is 4.31 Å². The van der Waals surface area contributed by atoms with Gasteiger partial charge in [-0.15, -0.1) is 0 Å². The van der Waals surface area contributed by atoms with Gasteiger partial charge in [0.2, 0.25) is 15.9 Å². The van der Waals surface area contributed by atoms with Gasteiger partial charge in [0, 0.05) is 13.1 Å². The molecule has 2 fully saturated rings. The zero-order valence-corrected chi connectivity index (χ0v) is 17.4. The van der Waals surface area contributed by atoms with Crippen LogP contribution in [0.5, 0.6) is 0 Å². The summed E-state index contributed by atoms with van der Waals surface area (Å²) in [7, 11) is -3.64. The number of nitrogens with zero attached hydrogens (tertiary/aromatic N) is 3. The molecule has 6 nitrogen and oxygen atoms in total. The molecule has 1 aromatic carbocycles. The summed E-state index contributed by atoms with van der Waals surface area (Å²) in [4.78, 5) is 17.2. The quantitative estimate of drug-likeness (QED) is 0.770. The molecular weight excluding hydrogens is 362 g/mol. The number of likely N-dealkylation sites (tertiary alicyclic amines) is 1. The van der Waals surface area contributed by atoms with Crippen molar-refractivity contribution in [3.63, 3.8) is 0 Å². The highest BCUT2D eigenvalue weighted by Crippen LogP contribution is 2.28. The van der Waals surface area contributed by atoms with Gasteiger partial charge in [0.25, 0.3) is 0 Å². The van der Waals surface area contributed by atoms with Crippen molar-refractivity contribution in [1.29, 1.82) is 0 Å². The lowest BCUT2D eigenvalue weighted by molar-refractivity contribution is -0.140. The monoisotopic (exact) mass is 393 g/mol. The summed E-state index contributed by atoms with van der Waals surface area (Å²) >= 11 is 0. The van der Waals surface area contributed by atoms with Crippen LogP contribution in [0.25, 0.3) is 0 Å². The van der Waals surface area contributed by atoms with Crippen molar-refractivity contribution in [1.82, 2.24) is 14.1 Å². The first-order chi connectivity index (χ1) is 12.8. The predicted molar refractivity (Wildman–Crippen MR) is 106 cm³/mol. The lowest BCUT2D eigenvalue weighted by Crippen LogP contribution is -2.60. The Balaban J connectivity index is 1.85. The fourth-order valence-corrected chi connectivity index (χ4v) is 5.87. The van der Waals surface area contributed by atoms with Crippen LogP contribution in [-0.2, 0) is 14.8 Å². The van der Waals surface area contributed by atoms with Crippen LogP contribution in [0.1, 0.15) is 38.7 Å². The van der Waals surface area contributed by atoms with E-state index < -0.39 is 16.2 Å². The molecule has 2 aliphatic rings. The largest absolute Gasteiger partial charge is 0.325 e. The summed E-state index contributed by atoms with van der Waals surface area (Å²) in [5, 5.41) is 0. The van der Waals surface area contributed by atoms with Gasteiger partial charge in [0.15, 0.2) is 0 Å². The van der Waals surface area contributed by atoms with E-state index in [9.17, 15) is 13.2 Å². The van der Waals surface area contributed by atoms with Crippen LogP contribution in [0, 0.1) is 12.8 Å². The van der Waals surface area contributed by atoms with E-state index in [1.807, 2.05) is 32.9 Å². The minimum Gasteiger partial charge on any atom is -0.325 e. The molecule has 2 heterocycles. The Morgan fingerprint density at radius 1 is 1.04 bits per heavy atom. The van der Waals surface area contributed by atoms with Crippen LogP contribution < -0.4 is 0 Å². The minimum atomic E-state index is -3.64. The first kappa shape index (κ1) is 20.3. The van der Waals surface area contributed by atoms with Gasteiger partial charge in [0.1, 0.15) is 6.17 Å². The number of amides is 1. The minimum absolute atomic E-state index is 0.0213.